The van der Waals surface area contributed by atoms with Crippen molar-refractivity contribution in [1.29, 1.82) is 0 Å². The monoisotopic (exact) mass is 963 g/mol. The molecule has 6 aliphatic rings. The zero-order valence-corrected chi connectivity index (χ0v) is 45.6. The molecule has 10 atom stereocenters. The van der Waals surface area contributed by atoms with Crippen LogP contribution in [0.1, 0.15) is 234 Å². The molecule has 8 heteroatoms. The summed E-state index contributed by atoms with van der Waals surface area (Å²) < 4.78 is 24.6. The Balaban J connectivity index is 0.863. The molecule has 69 heavy (non-hydrogen) atoms. The van der Waals surface area contributed by atoms with Gasteiger partial charge in [0.25, 0.3) is 0 Å². The Bertz CT molecular complexity index is 1540. The van der Waals surface area contributed by atoms with Crippen LogP contribution in [0, 0.1) is 46.3 Å². The first kappa shape index (κ1) is 56.4. The summed E-state index contributed by atoms with van der Waals surface area (Å²) in [5.41, 5.74) is 2.23. The largest absolute Gasteiger partial charge is 0.462 e. The first-order chi connectivity index (χ1) is 33.5. The highest BCUT2D eigenvalue weighted by atomic mass is 16.6. The van der Waals surface area contributed by atoms with E-state index in [1.165, 1.54) is 160 Å². The highest BCUT2D eigenvalue weighted by molar-refractivity contribution is 5.82. The lowest BCUT2D eigenvalue weighted by Crippen LogP contribution is -2.51. The number of carbonyl (C=O) groups is 2. The van der Waals surface area contributed by atoms with Crippen LogP contribution in [0.15, 0.2) is 23.8 Å². The van der Waals surface area contributed by atoms with Gasteiger partial charge in [0.1, 0.15) is 18.8 Å². The van der Waals surface area contributed by atoms with Crippen LogP contribution in [0.5, 0.6) is 0 Å². The second kappa shape index (κ2) is 29.7. The highest BCUT2D eigenvalue weighted by Gasteiger charge is 2.59. The number of hydrogen-bond donors (Lipinski definition) is 0. The standard InChI is InChI=1S/C61H106N2O6/c1-7-8-9-10-11-12-13-14-15-16-17-18-19-20-21-25-42-66-47-52(46-62-39-23-22-24-40-62)67-43-44-68-58(64)57-30-27-41-63(57)59(65)69-51-35-37-60(5)50(45-51)31-32-53-55-34-33-54(49(4)29-26-28-48(2)3)61(55,6)38-36-56(53)60/h14-15,31,48-49,51-57H,7-13,16-30,32-47H2,1-6H3/b15-14-/t49?,51?,52?,53-,54?,55-,56-,57-,60?,61+/m0/s1. The number of hydrogen-bond acceptors (Lipinski definition) is 7. The number of likely N-dealkylation sites (tertiary alicyclic amines) is 2. The molecule has 5 unspecified atom stereocenters. The molecule has 0 radical (unpaired) electrons. The summed E-state index contributed by atoms with van der Waals surface area (Å²) in [5.74, 6) is 4.54. The Kier molecular flexibility index (Phi) is 24.3. The third-order valence-corrected chi connectivity index (χ3v) is 19.0. The van der Waals surface area contributed by atoms with Gasteiger partial charge in [-0.1, -0.05) is 149 Å². The fourth-order valence-corrected chi connectivity index (χ4v) is 14.9. The van der Waals surface area contributed by atoms with Gasteiger partial charge in [0, 0.05) is 26.1 Å². The van der Waals surface area contributed by atoms with Crippen molar-refractivity contribution in [3.05, 3.63) is 23.8 Å². The molecule has 0 bridgehead atoms. The predicted octanol–water partition coefficient (Wildman–Crippen LogP) is 15.5. The molecule has 2 saturated heterocycles. The van der Waals surface area contributed by atoms with Crippen molar-refractivity contribution in [3.63, 3.8) is 0 Å². The molecule has 2 heterocycles. The number of piperidine rings is 1. The summed E-state index contributed by atoms with van der Waals surface area (Å²) in [5, 5.41) is 0. The van der Waals surface area contributed by atoms with E-state index in [2.05, 4.69) is 64.7 Å². The number of esters is 1. The fourth-order valence-electron chi connectivity index (χ4n) is 14.9. The Morgan fingerprint density at radius 1 is 0.739 bits per heavy atom. The van der Waals surface area contributed by atoms with Gasteiger partial charge < -0.3 is 23.8 Å². The maximum absolute atomic E-state index is 13.8. The van der Waals surface area contributed by atoms with Crippen molar-refractivity contribution in [2.45, 2.75) is 252 Å². The van der Waals surface area contributed by atoms with E-state index in [0.717, 1.165) is 93.9 Å². The Labute approximate surface area is 424 Å². The molecule has 6 rings (SSSR count). The van der Waals surface area contributed by atoms with Crippen molar-refractivity contribution in [2.24, 2.45) is 46.3 Å². The van der Waals surface area contributed by atoms with Crippen molar-refractivity contribution < 1.29 is 28.5 Å². The Hall–Kier alpha value is -1.90. The predicted molar refractivity (Wildman–Crippen MR) is 284 cm³/mol. The molecule has 0 aromatic heterocycles. The molecular weight excluding hydrogens is 857 g/mol. The van der Waals surface area contributed by atoms with E-state index in [9.17, 15) is 9.59 Å². The maximum Gasteiger partial charge on any atom is 0.410 e. The zero-order chi connectivity index (χ0) is 48.9. The molecule has 4 aliphatic carbocycles. The van der Waals surface area contributed by atoms with Crippen LogP contribution >= 0.6 is 0 Å². The second-order valence-electron chi connectivity index (χ2n) is 24.4. The van der Waals surface area contributed by atoms with Crippen molar-refractivity contribution in [1.82, 2.24) is 9.80 Å². The number of allylic oxidation sites excluding steroid dienone is 3. The number of amides is 1. The molecule has 5 fully saturated rings. The number of unbranched alkanes of at least 4 members (excludes halogenated alkanes) is 12. The van der Waals surface area contributed by atoms with E-state index in [0.29, 0.717) is 31.6 Å². The molecule has 396 valence electrons. The van der Waals surface area contributed by atoms with E-state index < -0.39 is 6.04 Å². The smallest absolute Gasteiger partial charge is 0.410 e. The van der Waals surface area contributed by atoms with E-state index in [1.54, 1.807) is 4.90 Å². The molecule has 0 N–H and O–H groups in total. The summed E-state index contributed by atoms with van der Waals surface area (Å²) >= 11 is 0. The molecule has 2 aliphatic heterocycles. The van der Waals surface area contributed by atoms with Crippen LogP contribution in [0.4, 0.5) is 4.79 Å². The number of rotatable bonds is 31. The van der Waals surface area contributed by atoms with Gasteiger partial charge in [0.05, 0.1) is 19.3 Å². The minimum absolute atomic E-state index is 0.0529. The molecule has 0 aromatic carbocycles. The summed E-state index contributed by atoms with van der Waals surface area (Å²) in [4.78, 5) is 31.4. The average Bonchev–Trinajstić information content (AvgIpc) is 3.98. The SMILES string of the molecule is CCCCCCCC/C=C\CCCCCCCCOCC(CN1CCCCC1)OCCOC(=O)[C@@H]1CCCN1C(=O)OC1CCC2(C)C(=CC[C@@H]3[C@@H]2CC[C@]2(C)C(C(C)CCCC(C)C)CC[C@@H]32)C1. The van der Waals surface area contributed by atoms with Gasteiger partial charge >= 0.3 is 12.1 Å². The van der Waals surface area contributed by atoms with E-state index >= 15 is 0 Å². The third kappa shape index (κ3) is 16.8. The summed E-state index contributed by atoms with van der Waals surface area (Å²) in [6.45, 7) is 20.3. The fraction of sp³-hybridized carbons (Fsp3) is 0.902. The summed E-state index contributed by atoms with van der Waals surface area (Å²) in [7, 11) is 0. The van der Waals surface area contributed by atoms with E-state index in [-0.39, 0.29) is 36.3 Å². The van der Waals surface area contributed by atoms with Gasteiger partial charge in [-0.05, 0) is 162 Å². The minimum atomic E-state index is -0.588. The minimum Gasteiger partial charge on any atom is -0.462 e. The van der Waals surface area contributed by atoms with Crippen molar-refractivity contribution >= 4 is 12.1 Å². The first-order valence-corrected chi connectivity index (χ1v) is 29.9. The molecule has 3 saturated carbocycles. The van der Waals surface area contributed by atoms with Gasteiger partial charge in [0.15, 0.2) is 0 Å². The molecule has 8 nitrogen and oxygen atoms in total. The maximum atomic E-state index is 13.8. The lowest BCUT2D eigenvalue weighted by molar-refractivity contribution is -0.151. The third-order valence-electron chi connectivity index (χ3n) is 19.0. The number of nitrogens with zero attached hydrogens (tertiary/aromatic N) is 2. The molecule has 0 spiro atoms. The number of carbonyl (C=O) groups excluding carboxylic acids is 2. The van der Waals surface area contributed by atoms with Gasteiger partial charge in [-0.3, -0.25) is 4.90 Å². The number of ether oxygens (including phenoxy) is 4. The van der Waals surface area contributed by atoms with Gasteiger partial charge in [-0.15, -0.1) is 0 Å². The van der Waals surface area contributed by atoms with Gasteiger partial charge in [-0.25, -0.2) is 9.59 Å². The second-order valence-corrected chi connectivity index (χ2v) is 24.4. The van der Waals surface area contributed by atoms with E-state index in [4.69, 9.17) is 18.9 Å². The van der Waals surface area contributed by atoms with Crippen LogP contribution < -0.4 is 0 Å². The summed E-state index contributed by atoms with van der Waals surface area (Å²) in [6, 6.07) is -0.588. The lowest BCUT2D eigenvalue weighted by atomic mass is 9.47. The van der Waals surface area contributed by atoms with Crippen molar-refractivity contribution in [3.8, 4) is 0 Å². The molecular formula is C61H106N2O6. The Morgan fingerprint density at radius 3 is 2.20 bits per heavy atom. The van der Waals surface area contributed by atoms with Crippen LogP contribution in [-0.4, -0.2) is 92.7 Å². The Morgan fingerprint density at radius 2 is 1.46 bits per heavy atom. The number of fused-ring (bicyclic) bond motifs is 5. The normalized spacial score (nSPS) is 30.2. The van der Waals surface area contributed by atoms with Gasteiger partial charge in [-0.2, -0.15) is 0 Å². The zero-order valence-electron chi connectivity index (χ0n) is 45.6. The topological polar surface area (TPSA) is 77.5 Å². The van der Waals surface area contributed by atoms with Crippen molar-refractivity contribution in [2.75, 3.05) is 52.6 Å². The highest BCUT2D eigenvalue weighted by Crippen LogP contribution is 2.67. The molecule has 1 amide bonds. The quantitative estimate of drug-likeness (QED) is 0.0389. The van der Waals surface area contributed by atoms with Crippen LogP contribution in [0.2, 0.25) is 0 Å². The van der Waals surface area contributed by atoms with Crippen LogP contribution in [0.25, 0.3) is 0 Å². The van der Waals surface area contributed by atoms with Gasteiger partial charge in [0.2, 0.25) is 0 Å². The van der Waals surface area contributed by atoms with E-state index in [1.807, 2.05) is 0 Å². The van der Waals surface area contributed by atoms with Crippen LogP contribution in [-0.2, 0) is 23.7 Å². The molecule has 0 aromatic rings. The average molecular weight is 964 g/mol. The summed E-state index contributed by atoms with van der Waals surface area (Å²) in [6.07, 6.45) is 44.0. The lowest BCUT2D eigenvalue weighted by Gasteiger charge is -2.58. The van der Waals surface area contributed by atoms with Crippen LogP contribution in [0.3, 0.4) is 0 Å². The first-order valence-electron chi connectivity index (χ1n) is 29.9.